The molecule has 0 saturated heterocycles. The van der Waals surface area contributed by atoms with E-state index in [9.17, 15) is 9.59 Å². The van der Waals surface area contributed by atoms with Crippen molar-refractivity contribution in [3.05, 3.63) is 53.7 Å². The van der Waals surface area contributed by atoms with Crippen LogP contribution >= 0.6 is 0 Å². The summed E-state index contributed by atoms with van der Waals surface area (Å²) >= 11 is 0. The highest BCUT2D eigenvalue weighted by Gasteiger charge is 2.07. The Bertz CT molecular complexity index is 699. The van der Waals surface area contributed by atoms with E-state index in [0.717, 1.165) is 5.69 Å². The molecule has 0 aliphatic heterocycles. The van der Waals surface area contributed by atoms with Crippen molar-refractivity contribution in [2.75, 3.05) is 32.2 Å². The second-order valence-electron chi connectivity index (χ2n) is 5.10. The monoisotopic (exact) mass is 343 g/mol. The maximum Gasteiger partial charge on any atom is 0.338 e. The molecule has 2 N–H and O–H groups in total. The van der Waals surface area contributed by atoms with Crippen molar-refractivity contribution in [2.24, 2.45) is 0 Å². The van der Waals surface area contributed by atoms with Crippen molar-refractivity contribution in [3.8, 4) is 0 Å². The summed E-state index contributed by atoms with van der Waals surface area (Å²) in [5, 5.41) is 5.83. The molecule has 0 radical (unpaired) electrons. The van der Waals surface area contributed by atoms with Crippen LogP contribution < -0.4 is 10.6 Å². The number of methoxy groups -OCH3 is 1. The molecule has 0 aliphatic rings. The zero-order chi connectivity index (χ0) is 18.1. The first-order valence-electron chi connectivity index (χ1n) is 7.91. The summed E-state index contributed by atoms with van der Waals surface area (Å²) in [7, 11) is 1.58. The van der Waals surface area contributed by atoms with E-state index >= 15 is 0 Å². The molecular formula is C18H21N3O4. The molecule has 1 heterocycles. The lowest BCUT2D eigenvalue weighted by molar-refractivity contribution is 0.0526. The Morgan fingerprint density at radius 3 is 2.40 bits per heavy atom. The number of hydrogen-bond acceptors (Lipinski definition) is 6. The fourth-order valence-electron chi connectivity index (χ4n) is 2.02. The van der Waals surface area contributed by atoms with E-state index < -0.39 is 0 Å². The SMILES string of the molecule is CCOC(=O)c1ccc(Nc2ccc(C(=O)NCCOC)cn2)cc1. The van der Waals surface area contributed by atoms with E-state index in [1.54, 1.807) is 50.4 Å². The minimum absolute atomic E-state index is 0.199. The summed E-state index contributed by atoms with van der Waals surface area (Å²) in [4.78, 5) is 27.7. The van der Waals surface area contributed by atoms with Gasteiger partial charge in [-0.2, -0.15) is 0 Å². The lowest BCUT2D eigenvalue weighted by atomic mass is 10.2. The number of rotatable bonds is 8. The molecule has 0 unspecified atom stereocenters. The van der Waals surface area contributed by atoms with Crippen LogP contribution in [0.25, 0.3) is 0 Å². The molecule has 1 aromatic carbocycles. The van der Waals surface area contributed by atoms with Gasteiger partial charge in [0.2, 0.25) is 0 Å². The van der Waals surface area contributed by atoms with Crippen molar-refractivity contribution < 1.29 is 19.1 Å². The summed E-state index contributed by atoms with van der Waals surface area (Å²) in [6.45, 7) is 3.01. The Morgan fingerprint density at radius 1 is 1.08 bits per heavy atom. The molecule has 1 amide bonds. The number of carbonyl (C=O) groups excluding carboxylic acids is 2. The molecule has 0 spiro atoms. The largest absolute Gasteiger partial charge is 0.462 e. The van der Waals surface area contributed by atoms with Crippen LogP contribution in [0.1, 0.15) is 27.6 Å². The van der Waals surface area contributed by atoms with Crippen LogP contribution in [0.15, 0.2) is 42.6 Å². The third-order valence-electron chi connectivity index (χ3n) is 3.29. The molecule has 25 heavy (non-hydrogen) atoms. The van der Waals surface area contributed by atoms with E-state index in [1.165, 1.54) is 6.20 Å². The number of nitrogens with zero attached hydrogens (tertiary/aromatic N) is 1. The zero-order valence-corrected chi connectivity index (χ0v) is 14.2. The fraction of sp³-hybridized carbons (Fsp3) is 0.278. The van der Waals surface area contributed by atoms with E-state index in [2.05, 4.69) is 15.6 Å². The van der Waals surface area contributed by atoms with Gasteiger partial charge in [-0.25, -0.2) is 9.78 Å². The molecule has 0 fully saturated rings. The first kappa shape index (κ1) is 18.4. The van der Waals surface area contributed by atoms with Crippen molar-refractivity contribution in [3.63, 3.8) is 0 Å². The molecule has 132 valence electrons. The van der Waals surface area contributed by atoms with Crippen LogP contribution in [0, 0.1) is 0 Å². The van der Waals surface area contributed by atoms with Crippen LogP contribution in [-0.4, -0.2) is 43.7 Å². The maximum absolute atomic E-state index is 11.9. The molecule has 7 heteroatoms. The van der Waals surface area contributed by atoms with Gasteiger partial charge in [0.05, 0.1) is 24.3 Å². The molecule has 7 nitrogen and oxygen atoms in total. The molecule has 2 rings (SSSR count). The number of nitrogens with one attached hydrogen (secondary N) is 2. The van der Waals surface area contributed by atoms with Gasteiger partial charge in [-0.15, -0.1) is 0 Å². The highest BCUT2D eigenvalue weighted by atomic mass is 16.5. The number of pyridine rings is 1. The summed E-state index contributed by atoms with van der Waals surface area (Å²) < 4.78 is 9.82. The van der Waals surface area contributed by atoms with E-state index in [0.29, 0.717) is 36.7 Å². The van der Waals surface area contributed by atoms with E-state index in [-0.39, 0.29) is 11.9 Å². The number of hydrogen-bond donors (Lipinski definition) is 2. The zero-order valence-electron chi connectivity index (χ0n) is 14.2. The number of benzene rings is 1. The van der Waals surface area contributed by atoms with E-state index in [1.807, 2.05) is 0 Å². The van der Waals surface area contributed by atoms with Crippen LogP contribution in [0.5, 0.6) is 0 Å². The smallest absolute Gasteiger partial charge is 0.338 e. The van der Waals surface area contributed by atoms with Crippen LogP contribution in [0.4, 0.5) is 11.5 Å². The topological polar surface area (TPSA) is 89.5 Å². The molecule has 1 aromatic heterocycles. The average Bonchev–Trinajstić information content (AvgIpc) is 2.63. The summed E-state index contributed by atoms with van der Waals surface area (Å²) in [5.74, 6) is 0.0447. The minimum Gasteiger partial charge on any atom is -0.462 e. The van der Waals surface area contributed by atoms with Crippen molar-refractivity contribution in [1.82, 2.24) is 10.3 Å². The Balaban J connectivity index is 1.94. The number of aromatic nitrogens is 1. The average molecular weight is 343 g/mol. The molecule has 0 aliphatic carbocycles. The maximum atomic E-state index is 11.9. The molecule has 0 atom stereocenters. The lowest BCUT2D eigenvalue weighted by Crippen LogP contribution is -2.26. The second-order valence-corrected chi connectivity index (χ2v) is 5.10. The summed E-state index contributed by atoms with van der Waals surface area (Å²) in [5.41, 5.74) is 1.74. The lowest BCUT2D eigenvalue weighted by Gasteiger charge is -2.08. The molecule has 2 aromatic rings. The molecule has 0 bridgehead atoms. The third kappa shape index (κ3) is 5.58. The van der Waals surface area contributed by atoms with Crippen molar-refractivity contribution in [1.29, 1.82) is 0 Å². The van der Waals surface area contributed by atoms with Gasteiger partial charge < -0.3 is 20.1 Å². The van der Waals surface area contributed by atoms with Gasteiger partial charge >= 0.3 is 5.97 Å². The molecule has 0 saturated carbocycles. The Kier molecular flexibility index (Phi) is 6.91. The second kappa shape index (κ2) is 9.39. The van der Waals surface area contributed by atoms with Crippen molar-refractivity contribution >= 4 is 23.4 Å². The van der Waals surface area contributed by atoms with Crippen molar-refractivity contribution in [2.45, 2.75) is 6.92 Å². The van der Waals surface area contributed by atoms with Gasteiger partial charge in [0, 0.05) is 25.5 Å². The highest BCUT2D eigenvalue weighted by molar-refractivity contribution is 5.94. The van der Waals surface area contributed by atoms with Gasteiger partial charge in [-0.05, 0) is 43.3 Å². The summed E-state index contributed by atoms with van der Waals surface area (Å²) in [6, 6.07) is 10.3. The first-order valence-corrected chi connectivity index (χ1v) is 7.91. The summed E-state index contributed by atoms with van der Waals surface area (Å²) in [6.07, 6.45) is 1.50. The first-order chi connectivity index (χ1) is 12.1. The minimum atomic E-state index is -0.351. The van der Waals surface area contributed by atoms with Gasteiger partial charge in [0.1, 0.15) is 5.82 Å². The number of esters is 1. The van der Waals surface area contributed by atoms with Crippen LogP contribution in [0.2, 0.25) is 0 Å². The predicted molar refractivity (Wildman–Crippen MR) is 94.1 cm³/mol. The Hall–Kier alpha value is -2.93. The quantitative estimate of drug-likeness (QED) is 0.565. The van der Waals surface area contributed by atoms with Crippen LogP contribution in [0.3, 0.4) is 0 Å². The normalized spacial score (nSPS) is 10.2. The van der Waals surface area contributed by atoms with Gasteiger partial charge in [-0.3, -0.25) is 4.79 Å². The van der Waals surface area contributed by atoms with Gasteiger partial charge in [-0.1, -0.05) is 0 Å². The number of carbonyl (C=O) groups is 2. The molecular weight excluding hydrogens is 322 g/mol. The van der Waals surface area contributed by atoms with Gasteiger partial charge in [0.15, 0.2) is 0 Å². The van der Waals surface area contributed by atoms with E-state index in [4.69, 9.17) is 9.47 Å². The fourth-order valence-corrected chi connectivity index (χ4v) is 2.02. The predicted octanol–water partition coefficient (Wildman–Crippen LogP) is 2.38. The Labute approximate surface area is 146 Å². The third-order valence-corrected chi connectivity index (χ3v) is 3.29. The number of anilines is 2. The number of ether oxygens (including phenoxy) is 2. The standard InChI is InChI=1S/C18H21N3O4/c1-3-25-18(23)13-4-7-15(8-5-13)21-16-9-6-14(12-20-16)17(22)19-10-11-24-2/h4-9,12H,3,10-11H2,1-2H3,(H,19,22)(H,20,21). The highest BCUT2D eigenvalue weighted by Crippen LogP contribution is 2.16. The van der Waals surface area contributed by atoms with Crippen LogP contribution in [-0.2, 0) is 9.47 Å². The number of amides is 1. The Morgan fingerprint density at radius 2 is 1.80 bits per heavy atom. The van der Waals surface area contributed by atoms with Gasteiger partial charge in [0.25, 0.3) is 5.91 Å².